The van der Waals surface area contributed by atoms with Crippen LogP contribution >= 0.6 is 0 Å². The summed E-state index contributed by atoms with van der Waals surface area (Å²) < 4.78 is 23.0. The minimum absolute atomic E-state index is 0.00501. The first-order valence-electron chi connectivity index (χ1n) is 12.9. The molecule has 0 radical (unpaired) electrons. The van der Waals surface area contributed by atoms with E-state index in [1.165, 1.54) is 18.6 Å². The molecule has 0 spiro atoms. The molecular weight excluding hydrogens is 468 g/mol. The van der Waals surface area contributed by atoms with Gasteiger partial charge in [-0.15, -0.1) is 0 Å². The number of carbonyl (C=O) groups is 2. The molecule has 202 valence electrons. The lowest BCUT2D eigenvalue weighted by Crippen LogP contribution is -2.31. The molecule has 2 aromatic rings. The van der Waals surface area contributed by atoms with E-state index in [4.69, 9.17) is 18.9 Å². The van der Waals surface area contributed by atoms with Crippen LogP contribution in [0.5, 0.6) is 11.5 Å². The quantitative estimate of drug-likeness (QED) is 0.215. The second kappa shape index (κ2) is 13.4. The maximum atomic E-state index is 11.7. The molecule has 2 atom stereocenters. The van der Waals surface area contributed by atoms with E-state index < -0.39 is 12.1 Å². The van der Waals surface area contributed by atoms with E-state index in [9.17, 15) is 9.59 Å². The molecule has 6 heteroatoms. The van der Waals surface area contributed by atoms with Crippen molar-refractivity contribution in [1.82, 2.24) is 0 Å². The highest BCUT2D eigenvalue weighted by molar-refractivity contribution is 5.94. The minimum atomic E-state index is -0.567. The summed E-state index contributed by atoms with van der Waals surface area (Å²) in [5.41, 5.74) is 1.94. The maximum absolute atomic E-state index is 11.7. The van der Waals surface area contributed by atoms with Crippen molar-refractivity contribution in [3.63, 3.8) is 0 Å². The Bertz CT molecular complexity index is 1030. The Kier molecular flexibility index (Phi) is 10.9. The molecule has 0 aliphatic rings. The third-order valence-electron chi connectivity index (χ3n) is 6.26. The molecule has 2 aromatic carbocycles. The Morgan fingerprint density at radius 1 is 0.784 bits per heavy atom. The molecule has 37 heavy (non-hydrogen) atoms. The predicted molar refractivity (Wildman–Crippen MR) is 146 cm³/mol. The molecule has 0 amide bonds. The number of carbonyl (C=O) groups excluding carboxylic acids is 2. The van der Waals surface area contributed by atoms with Crippen molar-refractivity contribution < 1.29 is 28.5 Å². The molecule has 0 bridgehead atoms. The van der Waals surface area contributed by atoms with Crippen molar-refractivity contribution in [2.45, 2.75) is 85.0 Å². The molecule has 0 fully saturated rings. The molecule has 6 nitrogen and oxygen atoms in total. The third-order valence-corrected chi connectivity index (χ3v) is 6.26. The minimum Gasteiger partial charge on any atom is -0.491 e. The molecule has 0 aliphatic heterocycles. The fourth-order valence-corrected chi connectivity index (χ4v) is 3.65. The Labute approximate surface area is 222 Å². The molecule has 0 aliphatic carbocycles. The average molecular weight is 511 g/mol. The van der Waals surface area contributed by atoms with E-state index >= 15 is 0 Å². The smallest absolute Gasteiger partial charge is 0.331 e. The van der Waals surface area contributed by atoms with Crippen LogP contribution in [0.2, 0.25) is 0 Å². The number of ketones is 1. The Balaban J connectivity index is 1.91. The van der Waals surface area contributed by atoms with Crippen molar-refractivity contribution in [1.29, 1.82) is 0 Å². The highest BCUT2D eigenvalue weighted by Gasteiger charge is 2.24. The van der Waals surface area contributed by atoms with Crippen LogP contribution in [-0.4, -0.2) is 42.8 Å². The van der Waals surface area contributed by atoms with Crippen LogP contribution in [0.4, 0.5) is 0 Å². The Hall–Kier alpha value is -3.12. The number of rotatable bonds is 14. The number of ether oxygens (including phenoxy) is 4. The SMILES string of the molecule is CCC(C)(C)OC(C)COc1ccc(C(C)(C)c2ccc(OCC(C)OC(=O)/C=C/C(C)=O)cc2)cc1. The van der Waals surface area contributed by atoms with Crippen molar-refractivity contribution in [2.24, 2.45) is 0 Å². The number of hydrogen-bond acceptors (Lipinski definition) is 6. The summed E-state index contributed by atoms with van der Waals surface area (Å²) in [6.07, 6.45) is 2.81. The molecule has 0 N–H and O–H groups in total. The fraction of sp³-hybridized carbons (Fsp3) is 0.484. The van der Waals surface area contributed by atoms with Crippen molar-refractivity contribution in [3.05, 3.63) is 71.8 Å². The van der Waals surface area contributed by atoms with Gasteiger partial charge in [-0.25, -0.2) is 4.79 Å². The van der Waals surface area contributed by atoms with Crippen LogP contribution in [0.1, 0.15) is 72.9 Å². The first kappa shape index (κ1) is 30.1. The van der Waals surface area contributed by atoms with Gasteiger partial charge in [0.25, 0.3) is 0 Å². The predicted octanol–water partition coefficient (Wildman–Crippen LogP) is 6.44. The molecule has 2 rings (SSSR count). The van der Waals surface area contributed by atoms with E-state index in [0.29, 0.717) is 12.4 Å². The third kappa shape index (κ3) is 10.0. The van der Waals surface area contributed by atoms with E-state index in [1.54, 1.807) is 6.92 Å². The average Bonchev–Trinajstić information content (AvgIpc) is 2.85. The van der Waals surface area contributed by atoms with Crippen LogP contribution in [0.15, 0.2) is 60.7 Å². The van der Waals surface area contributed by atoms with Crippen LogP contribution in [0, 0.1) is 0 Å². The summed E-state index contributed by atoms with van der Waals surface area (Å²) in [5, 5.41) is 0. The fourth-order valence-electron chi connectivity index (χ4n) is 3.65. The zero-order valence-corrected chi connectivity index (χ0v) is 23.5. The summed E-state index contributed by atoms with van der Waals surface area (Å²) in [6, 6.07) is 16.1. The number of esters is 1. The first-order chi connectivity index (χ1) is 17.3. The van der Waals surface area contributed by atoms with Crippen LogP contribution in [0.3, 0.4) is 0 Å². The van der Waals surface area contributed by atoms with Crippen molar-refractivity contribution in [2.75, 3.05) is 13.2 Å². The maximum Gasteiger partial charge on any atom is 0.331 e. The second-order valence-electron chi connectivity index (χ2n) is 10.5. The van der Waals surface area contributed by atoms with Gasteiger partial charge in [-0.2, -0.15) is 0 Å². The zero-order chi connectivity index (χ0) is 27.6. The van der Waals surface area contributed by atoms with Gasteiger partial charge in [0.05, 0.1) is 11.7 Å². The molecule has 0 saturated heterocycles. The summed E-state index contributed by atoms with van der Waals surface area (Å²) in [6.45, 7) is 16.5. The van der Waals surface area contributed by atoms with E-state index in [-0.39, 0.29) is 29.5 Å². The van der Waals surface area contributed by atoms with Crippen LogP contribution < -0.4 is 9.47 Å². The Morgan fingerprint density at radius 2 is 1.24 bits per heavy atom. The van der Waals surface area contributed by atoms with Gasteiger partial charge >= 0.3 is 5.97 Å². The number of benzene rings is 2. The van der Waals surface area contributed by atoms with E-state index in [2.05, 4.69) is 46.8 Å². The summed E-state index contributed by atoms with van der Waals surface area (Å²) in [5.74, 6) is 0.732. The lowest BCUT2D eigenvalue weighted by molar-refractivity contribution is -0.143. The molecule has 0 heterocycles. The largest absolute Gasteiger partial charge is 0.491 e. The highest BCUT2D eigenvalue weighted by atomic mass is 16.6. The van der Waals surface area contributed by atoms with Crippen LogP contribution in [-0.2, 0) is 24.5 Å². The standard InChI is InChI=1S/C31H42O6/c1-9-30(5,6)37-24(4)21-35-28-17-13-26(14-18-28)31(7,8)25-11-15-27(16-12-25)34-20-23(3)36-29(33)19-10-22(2)32/h10-19,23-24H,9,20-21H2,1-8H3/b19-10+. The van der Waals surface area contributed by atoms with Gasteiger partial charge in [-0.05, 0) is 82.5 Å². The van der Waals surface area contributed by atoms with Gasteiger partial charge in [0.15, 0.2) is 5.78 Å². The Morgan fingerprint density at radius 3 is 1.68 bits per heavy atom. The lowest BCUT2D eigenvalue weighted by Gasteiger charge is -2.28. The number of hydrogen-bond donors (Lipinski definition) is 0. The monoisotopic (exact) mass is 510 g/mol. The molecule has 2 unspecified atom stereocenters. The van der Waals surface area contributed by atoms with Gasteiger partial charge in [-0.3, -0.25) is 4.79 Å². The zero-order valence-electron chi connectivity index (χ0n) is 23.5. The summed E-state index contributed by atoms with van der Waals surface area (Å²) in [4.78, 5) is 22.6. The van der Waals surface area contributed by atoms with Gasteiger partial charge in [0.2, 0.25) is 0 Å². The van der Waals surface area contributed by atoms with E-state index in [0.717, 1.165) is 23.8 Å². The second-order valence-corrected chi connectivity index (χ2v) is 10.5. The van der Waals surface area contributed by atoms with Gasteiger partial charge < -0.3 is 18.9 Å². The van der Waals surface area contributed by atoms with Gasteiger partial charge in [0, 0.05) is 11.5 Å². The van der Waals surface area contributed by atoms with Crippen molar-refractivity contribution >= 4 is 11.8 Å². The summed E-state index contributed by atoms with van der Waals surface area (Å²) in [7, 11) is 0. The summed E-state index contributed by atoms with van der Waals surface area (Å²) >= 11 is 0. The van der Waals surface area contributed by atoms with E-state index in [1.807, 2.05) is 43.3 Å². The van der Waals surface area contributed by atoms with Crippen molar-refractivity contribution in [3.8, 4) is 11.5 Å². The van der Waals surface area contributed by atoms with Gasteiger partial charge in [-0.1, -0.05) is 45.0 Å². The molecular formula is C31H42O6. The molecule has 0 aromatic heterocycles. The highest BCUT2D eigenvalue weighted by Crippen LogP contribution is 2.33. The van der Waals surface area contributed by atoms with Crippen LogP contribution in [0.25, 0.3) is 0 Å². The topological polar surface area (TPSA) is 71.1 Å². The van der Waals surface area contributed by atoms with Gasteiger partial charge in [0.1, 0.15) is 30.8 Å². The molecule has 0 saturated carbocycles. The first-order valence-corrected chi connectivity index (χ1v) is 12.9. The normalized spacial score (nSPS) is 13.7. The lowest BCUT2D eigenvalue weighted by atomic mass is 9.78. The number of allylic oxidation sites excluding steroid dienone is 1.